The quantitative estimate of drug-likeness (QED) is 0.497. The van der Waals surface area contributed by atoms with Gasteiger partial charge < -0.3 is 10.4 Å². The Morgan fingerprint density at radius 3 is 2.23 bits per heavy atom. The molecular formula is C25H35N3O2. The molecule has 0 aromatic heterocycles. The van der Waals surface area contributed by atoms with Crippen LogP contribution in [0.3, 0.4) is 0 Å². The Balaban J connectivity index is 1.82. The van der Waals surface area contributed by atoms with Crippen molar-refractivity contribution in [2.24, 2.45) is 0 Å². The van der Waals surface area contributed by atoms with Crippen LogP contribution in [0.25, 0.3) is 0 Å². The summed E-state index contributed by atoms with van der Waals surface area (Å²) >= 11 is 0. The lowest BCUT2D eigenvalue weighted by atomic mass is 9.74. The van der Waals surface area contributed by atoms with Crippen molar-refractivity contribution in [3.63, 3.8) is 0 Å². The first-order chi connectivity index (χ1) is 14.6. The normalized spacial score (nSPS) is 17.0. The van der Waals surface area contributed by atoms with Crippen molar-refractivity contribution in [3.8, 4) is 0 Å². The molecule has 1 aliphatic carbocycles. The highest BCUT2D eigenvalue weighted by molar-refractivity contribution is 5.94. The van der Waals surface area contributed by atoms with Gasteiger partial charge in [-0.2, -0.15) is 0 Å². The highest BCUT2D eigenvalue weighted by Crippen LogP contribution is 2.34. The number of aliphatic hydroxyl groups excluding tert-OH is 1. The first-order valence-electron chi connectivity index (χ1n) is 11.2. The van der Waals surface area contributed by atoms with Gasteiger partial charge in [0.05, 0.1) is 12.1 Å². The third-order valence-electron chi connectivity index (χ3n) is 6.31. The first-order valence-corrected chi connectivity index (χ1v) is 11.2. The molecule has 0 bridgehead atoms. The number of carbonyl (C=O) groups is 1. The van der Waals surface area contributed by atoms with Crippen molar-refractivity contribution < 1.29 is 9.90 Å². The molecule has 1 saturated carbocycles. The van der Waals surface area contributed by atoms with E-state index < -0.39 is 6.10 Å². The van der Waals surface area contributed by atoms with E-state index in [-0.39, 0.29) is 17.5 Å². The molecule has 1 amide bonds. The molecular weight excluding hydrogens is 374 g/mol. The van der Waals surface area contributed by atoms with Crippen LogP contribution < -0.4 is 10.7 Å². The molecule has 5 heteroatoms. The monoisotopic (exact) mass is 409 g/mol. The zero-order chi connectivity index (χ0) is 21.4. The summed E-state index contributed by atoms with van der Waals surface area (Å²) in [5.74, 6) is -0.119. The second kappa shape index (κ2) is 10.7. The average Bonchev–Trinajstić information content (AvgIpc) is 2.76. The summed E-state index contributed by atoms with van der Waals surface area (Å²) in [7, 11) is 0. The Hall–Kier alpha value is -2.21. The Morgan fingerprint density at radius 2 is 1.70 bits per heavy atom. The largest absolute Gasteiger partial charge is 0.390 e. The number of β-amino-alcohol motifs (C(OH)–C–C–N with tert-alkyl or cyclic N) is 1. The molecule has 2 aromatic carbocycles. The van der Waals surface area contributed by atoms with Gasteiger partial charge in [-0.05, 0) is 49.8 Å². The van der Waals surface area contributed by atoms with Gasteiger partial charge in [-0.25, -0.2) is 5.43 Å². The fraction of sp³-hybridized carbons (Fsp3) is 0.480. The van der Waals surface area contributed by atoms with Crippen LogP contribution in [-0.4, -0.2) is 46.8 Å². The zero-order valence-electron chi connectivity index (χ0n) is 18.2. The highest BCUT2D eigenvalue weighted by Gasteiger charge is 2.37. The Kier molecular flexibility index (Phi) is 8.02. The van der Waals surface area contributed by atoms with Gasteiger partial charge in [0.15, 0.2) is 0 Å². The highest BCUT2D eigenvalue weighted by atomic mass is 16.3. The van der Waals surface area contributed by atoms with Gasteiger partial charge in [-0.1, -0.05) is 62.4 Å². The molecule has 0 unspecified atom stereocenters. The van der Waals surface area contributed by atoms with Crippen LogP contribution in [0.1, 0.15) is 55.5 Å². The number of aliphatic hydroxyl groups is 1. The number of amides is 1. The lowest BCUT2D eigenvalue weighted by Crippen LogP contribution is -2.59. The molecule has 0 heterocycles. The number of nitrogens with zero attached hydrogens (tertiary/aromatic N) is 1. The van der Waals surface area contributed by atoms with Crippen molar-refractivity contribution in [2.45, 2.75) is 63.6 Å². The number of carbonyl (C=O) groups excluding carboxylic acids is 1. The van der Waals surface area contributed by atoms with E-state index >= 15 is 0 Å². The van der Waals surface area contributed by atoms with Crippen molar-refractivity contribution in [3.05, 3.63) is 71.8 Å². The molecule has 2 atom stereocenters. The average molecular weight is 410 g/mol. The summed E-state index contributed by atoms with van der Waals surface area (Å²) in [6, 6.07) is 18.9. The summed E-state index contributed by atoms with van der Waals surface area (Å²) in [5.41, 5.74) is 5.07. The first kappa shape index (κ1) is 22.5. The fourth-order valence-electron chi connectivity index (χ4n) is 4.20. The number of rotatable bonds is 11. The minimum atomic E-state index is -0.694. The summed E-state index contributed by atoms with van der Waals surface area (Å²) in [5, 5.41) is 16.5. The maximum atomic E-state index is 13.3. The molecule has 3 N–H and O–H groups in total. The second-order valence-electron chi connectivity index (χ2n) is 8.25. The SMILES string of the molecule is CCNN(C(=O)c1ccccc1)[C@@H](Cc1ccccc1)[C@H](O)CNC1(CC)CCC1. The standard InChI is InChI=1S/C25H35N3O2/c1-3-25(16-11-17-25)26-19-23(29)22(18-20-12-7-5-8-13-20)28(27-4-2)24(30)21-14-9-6-10-15-21/h5-10,12-15,22-23,26-27,29H,3-4,11,16-19H2,1-2H3/t22-,23+/m0/s1. The van der Waals surface area contributed by atoms with Gasteiger partial charge in [0.1, 0.15) is 0 Å². The molecule has 0 radical (unpaired) electrons. The van der Waals surface area contributed by atoms with Crippen molar-refractivity contribution in [1.29, 1.82) is 0 Å². The van der Waals surface area contributed by atoms with E-state index in [0.29, 0.717) is 25.1 Å². The van der Waals surface area contributed by atoms with Gasteiger partial charge in [0.25, 0.3) is 5.91 Å². The summed E-state index contributed by atoms with van der Waals surface area (Å²) in [6.07, 6.45) is 4.48. The van der Waals surface area contributed by atoms with Crippen LogP contribution in [0.5, 0.6) is 0 Å². The maximum absolute atomic E-state index is 13.3. The fourth-order valence-corrected chi connectivity index (χ4v) is 4.20. The number of hydrogen-bond donors (Lipinski definition) is 3. The minimum Gasteiger partial charge on any atom is -0.390 e. The number of benzene rings is 2. The molecule has 162 valence electrons. The third kappa shape index (κ3) is 5.48. The van der Waals surface area contributed by atoms with Crippen LogP contribution in [0, 0.1) is 0 Å². The van der Waals surface area contributed by atoms with Crippen LogP contribution in [0.15, 0.2) is 60.7 Å². The number of nitrogens with one attached hydrogen (secondary N) is 2. The lowest BCUT2D eigenvalue weighted by molar-refractivity contribution is 0.0114. The van der Waals surface area contributed by atoms with E-state index in [1.54, 1.807) is 5.01 Å². The lowest BCUT2D eigenvalue weighted by Gasteiger charge is -2.44. The zero-order valence-corrected chi connectivity index (χ0v) is 18.2. The van der Waals surface area contributed by atoms with Gasteiger partial charge in [0, 0.05) is 24.2 Å². The number of hydrazine groups is 1. The Labute approximate surface area is 180 Å². The minimum absolute atomic E-state index is 0.119. The molecule has 1 aliphatic rings. The van der Waals surface area contributed by atoms with E-state index in [1.165, 1.54) is 6.42 Å². The van der Waals surface area contributed by atoms with E-state index in [4.69, 9.17) is 0 Å². The van der Waals surface area contributed by atoms with Crippen LogP contribution in [0.2, 0.25) is 0 Å². The van der Waals surface area contributed by atoms with Gasteiger partial charge in [0.2, 0.25) is 0 Å². The van der Waals surface area contributed by atoms with Crippen molar-refractivity contribution in [1.82, 2.24) is 15.8 Å². The molecule has 0 aliphatic heterocycles. The topological polar surface area (TPSA) is 64.6 Å². The Morgan fingerprint density at radius 1 is 1.07 bits per heavy atom. The third-order valence-corrected chi connectivity index (χ3v) is 6.31. The predicted octanol–water partition coefficient (Wildman–Crippen LogP) is 3.55. The van der Waals surface area contributed by atoms with Crippen molar-refractivity contribution in [2.75, 3.05) is 13.1 Å². The summed E-state index contributed by atoms with van der Waals surface area (Å²) in [4.78, 5) is 13.3. The van der Waals surface area contributed by atoms with E-state index in [1.807, 2.05) is 67.6 Å². The van der Waals surface area contributed by atoms with Crippen molar-refractivity contribution >= 4 is 5.91 Å². The van der Waals surface area contributed by atoms with Gasteiger partial charge >= 0.3 is 0 Å². The molecule has 2 aromatic rings. The predicted molar refractivity (Wildman–Crippen MR) is 121 cm³/mol. The van der Waals surface area contributed by atoms with E-state index in [9.17, 15) is 9.90 Å². The number of hydrogen-bond acceptors (Lipinski definition) is 4. The molecule has 0 saturated heterocycles. The Bertz CT molecular complexity index is 772. The van der Waals surface area contributed by atoms with Gasteiger partial charge in [-0.15, -0.1) is 0 Å². The molecule has 30 heavy (non-hydrogen) atoms. The maximum Gasteiger partial charge on any atom is 0.268 e. The van der Waals surface area contributed by atoms with Crippen LogP contribution >= 0.6 is 0 Å². The molecule has 1 fully saturated rings. The van der Waals surface area contributed by atoms with Gasteiger partial charge in [-0.3, -0.25) is 9.80 Å². The smallest absolute Gasteiger partial charge is 0.268 e. The summed E-state index contributed by atoms with van der Waals surface area (Å²) in [6.45, 7) is 5.23. The molecule has 3 rings (SSSR count). The van der Waals surface area contributed by atoms with E-state index in [0.717, 1.165) is 24.8 Å². The van der Waals surface area contributed by atoms with Crippen LogP contribution in [0.4, 0.5) is 0 Å². The second-order valence-corrected chi connectivity index (χ2v) is 8.25. The molecule has 0 spiro atoms. The van der Waals surface area contributed by atoms with E-state index in [2.05, 4.69) is 17.7 Å². The summed E-state index contributed by atoms with van der Waals surface area (Å²) < 4.78 is 0. The molecule has 5 nitrogen and oxygen atoms in total. The van der Waals surface area contributed by atoms with Crippen LogP contribution in [-0.2, 0) is 6.42 Å².